The molecule has 0 radical (unpaired) electrons. The van der Waals surface area contributed by atoms with Crippen LogP contribution in [-0.4, -0.2) is 41.3 Å². The summed E-state index contributed by atoms with van der Waals surface area (Å²) < 4.78 is 14.2. The van der Waals surface area contributed by atoms with Crippen molar-refractivity contribution in [2.24, 2.45) is 0 Å². The molecule has 3 rings (SSSR count). The lowest BCUT2D eigenvalue weighted by Gasteiger charge is -2.22. The summed E-state index contributed by atoms with van der Waals surface area (Å²) in [4.78, 5) is 4.44. The quantitative estimate of drug-likeness (QED) is 0.868. The van der Waals surface area contributed by atoms with Gasteiger partial charge >= 0.3 is 0 Å². The lowest BCUT2D eigenvalue weighted by molar-refractivity contribution is 0.281. The van der Waals surface area contributed by atoms with Crippen LogP contribution in [0.5, 0.6) is 0 Å². The largest absolute Gasteiger partial charge is 0.354 e. The van der Waals surface area contributed by atoms with E-state index >= 15 is 0 Å². The summed E-state index contributed by atoms with van der Waals surface area (Å²) in [6.07, 6.45) is 0.981. The van der Waals surface area contributed by atoms with Gasteiger partial charge in [-0.15, -0.1) is 5.10 Å². The normalized spacial score (nSPS) is 15.8. The Morgan fingerprint density at radius 1 is 1.12 bits per heavy atom. The topological polar surface area (TPSA) is 56.0 Å². The van der Waals surface area contributed by atoms with E-state index in [0.717, 1.165) is 44.1 Å². The minimum atomic E-state index is -0.398. The van der Waals surface area contributed by atoms with E-state index < -0.39 is 5.82 Å². The van der Waals surface area contributed by atoms with Crippen LogP contribution in [-0.2, 0) is 6.54 Å². The SMILES string of the molecule is Cc1ccc(N2CCCN(Cc3cccc(C#N)c3F)CC2)nn1. The predicted molar refractivity (Wildman–Crippen MR) is 90.0 cm³/mol. The Bertz CT molecular complexity index is 738. The molecule has 1 fully saturated rings. The smallest absolute Gasteiger partial charge is 0.151 e. The zero-order valence-electron chi connectivity index (χ0n) is 13.7. The molecule has 0 N–H and O–H groups in total. The first-order valence-corrected chi connectivity index (χ1v) is 8.12. The Labute approximate surface area is 141 Å². The number of halogens is 1. The standard InChI is InChI=1S/C18H20FN5/c1-14-6-7-17(22-21-14)24-9-3-8-23(10-11-24)13-16-5-2-4-15(12-20)18(16)19/h2,4-7H,3,8-11,13H2,1H3. The molecule has 2 aromatic rings. The number of anilines is 1. The van der Waals surface area contributed by atoms with Crippen molar-refractivity contribution >= 4 is 5.82 Å². The van der Waals surface area contributed by atoms with Gasteiger partial charge in [0.2, 0.25) is 0 Å². The molecule has 124 valence electrons. The second-order valence-corrected chi connectivity index (χ2v) is 6.04. The molecule has 0 atom stereocenters. The van der Waals surface area contributed by atoms with Crippen molar-refractivity contribution < 1.29 is 4.39 Å². The van der Waals surface area contributed by atoms with Crippen molar-refractivity contribution in [3.8, 4) is 6.07 Å². The van der Waals surface area contributed by atoms with Gasteiger partial charge < -0.3 is 4.90 Å². The van der Waals surface area contributed by atoms with E-state index in [1.807, 2.05) is 25.1 Å². The second-order valence-electron chi connectivity index (χ2n) is 6.04. The monoisotopic (exact) mass is 325 g/mol. The van der Waals surface area contributed by atoms with E-state index in [1.54, 1.807) is 12.1 Å². The van der Waals surface area contributed by atoms with Crippen molar-refractivity contribution in [1.82, 2.24) is 15.1 Å². The Kier molecular flexibility index (Phi) is 5.02. The van der Waals surface area contributed by atoms with Crippen LogP contribution in [0.25, 0.3) is 0 Å². The van der Waals surface area contributed by atoms with Crippen molar-refractivity contribution in [3.05, 3.63) is 53.0 Å². The lowest BCUT2D eigenvalue weighted by atomic mass is 10.1. The van der Waals surface area contributed by atoms with Crippen LogP contribution in [0.1, 0.15) is 23.2 Å². The summed E-state index contributed by atoms with van der Waals surface area (Å²) in [6.45, 7) is 5.91. The first-order chi connectivity index (χ1) is 11.7. The maximum Gasteiger partial charge on any atom is 0.151 e. The van der Waals surface area contributed by atoms with Crippen LogP contribution < -0.4 is 4.90 Å². The molecule has 24 heavy (non-hydrogen) atoms. The Hall–Kier alpha value is -2.52. The summed E-state index contributed by atoms with van der Waals surface area (Å²) in [5.41, 5.74) is 1.60. The highest BCUT2D eigenvalue weighted by molar-refractivity contribution is 5.37. The number of hydrogen-bond donors (Lipinski definition) is 0. The van der Waals surface area contributed by atoms with Crippen LogP contribution in [0.2, 0.25) is 0 Å². The molecular formula is C18H20FN5. The third-order valence-electron chi connectivity index (χ3n) is 4.29. The first-order valence-electron chi connectivity index (χ1n) is 8.12. The molecule has 1 aliphatic rings. The Morgan fingerprint density at radius 3 is 2.75 bits per heavy atom. The second kappa shape index (κ2) is 7.37. The molecule has 0 unspecified atom stereocenters. The molecule has 1 aromatic heterocycles. The fraction of sp³-hybridized carbons (Fsp3) is 0.389. The van der Waals surface area contributed by atoms with Crippen molar-refractivity contribution in [2.45, 2.75) is 19.9 Å². The number of aromatic nitrogens is 2. The molecule has 0 spiro atoms. The molecule has 1 aliphatic heterocycles. The molecule has 0 amide bonds. The van der Waals surface area contributed by atoms with Gasteiger partial charge in [-0.3, -0.25) is 4.90 Å². The summed E-state index contributed by atoms with van der Waals surface area (Å²) in [6, 6.07) is 10.9. The predicted octanol–water partition coefficient (Wildman–Crippen LogP) is 2.51. The van der Waals surface area contributed by atoms with E-state index in [2.05, 4.69) is 20.0 Å². The summed E-state index contributed by atoms with van der Waals surface area (Å²) >= 11 is 0. The number of aryl methyl sites for hydroxylation is 1. The summed E-state index contributed by atoms with van der Waals surface area (Å²) in [7, 11) is 0. The first kappa shape index (κ1) is 16.3. The molecule has 5 nitrogen and oxygen atoms in total. The van der Waals surface area contributed by atoms with Gasteiger partial charge in [0.25, 0.3) is 0 Å². The minimum absolute atomic E-state index is 0.110. The zero-order valence-corrected chi connectivity index (χ0v) is 13.7. The fourth-order valence-corrected chi connectivity index (χ4v) is 2.95. The summed E-state index contributed by atoms with van der Waals surface area (Å²) in [5.74, 6) is 0.491. The molecule has 0 aliphatic carbocycles. The van der Waals surface area contributed by atoms with E-state index in [4.69, 9.17) is 5.26 Å². The number of hydrogen-bond acceptors (Lipinski definition) is 5. The zero-order chi connectivity index (χ0) is 16.9. The van der Waals surface area contributed by atoms with Gasteiger partial charge in [0.05, 0.1) is 11.3 Å². The molecule has 6 heteroatoms. The highest BCUT2D eigenvalue weighted by Crippen LogP contribution is 2.17. The Morgan fingerprint density at radius 2 is 2.00 bits per heavy atom. The van der Waals surface area contributed by atoms with Gasteiger partial charge in [0, 0.05) is 38.3 Å². The fourth-order valence-electron chi connectivity index (χ4n) is 2.95. The van der Waals surface area contributed by atoms with Crippen LogP contribution >= 0.6 is 0 Å². The van der Waals surface area contributed by atoms with E-state index in [9.17, 15) is 4.39 Å². The number of rotatable bonds is 3. The lowest BCUT2D eigenvalue weighted by Crippen LogP contribution is -2.31. The van der Waals surface area contributed by atoms with Gasteiger partial charge in [-0.05, 0) is 31.5 Å². The molecule has 1 aromatic carbocycles. The maximum atomic E-state index is 14.2. The number of nitriles is 1. The van der Waals surface area contributed by atoms with E-state index in [-0.39, 0.29) is 5.56 Å². The molecule has 0 saturated carbocycles. The highest BCUT2D eigenvalue weighted by atomic mass is 19.1. The van der Waals surface area contributed by atoms with Crippen molar-refractivity contribution in [2.75, 3.05) is 31.1 Å². The number of benzene rings is 1. The average molecular weight is 325 g/mol. The van der Waals surface area contributed by atoms with Crippen molar-refractivity contribution in [3.63, 3.8) is 0 Å². The minimum Gasteiger partial charge on any atom is -0.354 e. The van der Waals surface area contributed by atoms with Gasteiger partial charge in [-0.25, -0.2) is 4.39 Å². The average Bonchev–Trinajstić information content (AvgIpc) is 2.83. The van der Waals surface area contributed by atoms with Crippen LogP contribution in [0.4, 0.5) is 10.2 Å². The van der Waals surface area contributed by atoms with Crippen LogP contribution in [0, 0.1) is 24.1 Å². The van der Waals surface area contributed by atoms with Gasteiger partial charge in [-0.1, -0.05) is 12.1 Å². The van der Waals surface area contributed by atoms with Gasteiger partial charge in [0.1, 0.15) is 11.9 Å². The third-order valence-corrected chi connectivity index (χ3v) is 4.29. The van der Waals surface area contributed by atoms with Crippen molar-refractivity contribution in [1.29, 1.82) is 5.26 Å². The molecule has 0 bridgehead atoms. The molecule has 1 saturated heterocycles. The van der Waals surface area contributed by atoms with Crippen LogP contribution in [0.15, 0.2) is 30.3 Å². The van der Waals surface area contributed by atoms with Gasteiger partial charge in [0.15, 0.2) is 5.82 Å². The molecule has 2 heterocycles. The van der Waals surface area contributed by atoms with E-state index in [0.29, 0.717) is 12.1 Å². The van der Waals surface area contributed by atoms with E-state index in [1.165, 1.54) is 6.07 Å². The Balaban J connectivity index is 1.66. The summed E-state index contributed by atoms with van der Waals surface area (Å²) in [5, 5.41) is 17.3. The number of nitrogens with zero attached hydrogens (tertiary/aromatic N) is 5. The highest BCUT2D eigenvalue weighted by Gasteiger charge is 2.18. The molecular weight excluding hydrogens is 305 g/mol. The van der Waals surface area contributed by atoms with Gasteiger partial charge in [-0.2, -0.15) is 10.4 Å². The third kappa shape index (κ3) is 3.69. The van der Waals surface area contributed by atoms with Crippen LogP contribution in [0.3, 0.4) is 0 Å². The maximum absolute atomic E-state index is 14.2.